The van der Waals surface area contributed by atoms with Gasteiger partial charge in [0, 0.05) is 5.69 Å². The van der Waals surface area contributed by atoms with E-state index in [1.165, 1.54) is 0 Å². The second-order valence-electron chi connectivity index (χ2n) is 3.70. The summed E-state index contributed by atoms with van der Waals surface area (Å²) in [6.07, 6.45) is 0.340. The first-order valence-electron chi connectivity index (χ1n) is 5.82. The topological polar surface area (TPSA) is 78.6 Å². The van der Waals surface area contributed by atoms with Gasteiger partial charge in [-0.2, -0.15) is 0 Å². The van der Waals surface area contributed by atoms with Gasteiger partial charge in [-0.3, -0.25) is 9.59 Å². The third-order valence-electron chi connectivity index (χ3n) is 2.36. The minimum absolute atomic E-state index is 0.241. The molecule has 0 bridgehead atoms. The molecule has 0 amide bonds. The standard InChI is InChI=1S/C13H17NO4/c1-3-11(12(15)17-4-2)13(16)18-10-7-5-9(14)6-8-10/h5-8,11H,3-4,14H2,1-2H3. The molecular formula is C13H17NO4. The summed E-state index contributed by atoms with van der Waals surface area (Å²) < 4.78 is 9.91. The number of nitrogens with two attached hydrogens (primary N) is 1. The Bertz CT molecular complexity index is 414. The van der Waals surface area contributed by atoms with Crippen LogP contribution in [0.2, 0.25) is 0 Å². The van der Waals surface area contributed by atoms with Crippen LogP contribution in [0.1, 0.15) is 20.3 Å². The first-order chi connectivity index (χ1) is 8.58. The molecule has 0 aliphatic heterocycles. The quantitative estimate of drug-likeness (QED) is 0.373. The van der Waals surface area contributed by atoms with Crippen LogP contribution in [0.25, 0.3) is 0 Å². The van der Waals surface area contributed by atoms with Gasteiger partial charge in [0.2, 0.25) is 0 Å². The third kappa shape index (κ3) is 3.76. The van der Waals surface area contributed by atoms with E-state index in [2.05, 4.69) is 0 Å². The van der Waals surface area contributed by atoms with Gasteiger partial charge < -0.3 is 15.2 Å². The van der Waals surface area contributed by atoms with Crippen LogP contribution in [0.15, 0.2) is 24.3 Å². The van der Waals surface area contributed by atoms with Gasteiger partial charge >= 0.3 is 11.9 Å². The smallest absolute Gasteiger partial charge is 0.325 e. The number of hydrogen-bond acceptors (Lipinski definition) is 5. The van der Waals surface area contributed by atoms with Gasteiger partial charge in [-0.15, -0.1) is 0 Å². The van der Waals surface area contributed by atoms with Gasteiger partial charge in [0.1, 0.15) is 5.75 Å². The van der Waals surface area contributed by atoms with Gasteiger partial charge in [0.05, 0.1) is 6.61 Å². The number of anilines is 1. The van der Waals surface area contributed by atoms with E-state index < -0.39 is 17.9 Å². The van der Waals surface area contributed by atoms with E-state index in [1.807, 2.05) is 0 Å². The molecule has 1 atom stereocenters. The highest BCUT2D eigenvalue weighted by atomic mass is 16.6. The van der Waals surface area contributed by atoms with E-state index in [4.69, 9.17) is 15.2 Å². The number of carbonyl (C=O) groups excluding carboxylic acids is 2. The number of esters is 2. The van der Waals surface area contributed by atoms with Crippen molar-refractivity contribution in [1.82, 2.24) is 0 Å². The van der Waals surface area contributed by atoms with Crippen LogP contribution in [-0.4, -0.2) is 18.5 Å². The summed E-state index contributed by atoms with van der Waals surface area (Å²) in [5, 5.41) is 0. The Kier molecular flexibility index (Phi) is 5.17. The van der Waals surface area contributed by atoms with E-state index in [0.717, 1.165) is 0 Å². The molecule has 0 aliphatic rings. The molecule has 98 valence electrons. The van der Waals surface area contributed by atoms with Crippen molar-refractivity contribution in [3.63, 3.8) is 0 Å². The summed E-state index contributed by atoms with van der Waals surface area (Å²) >= 11 is 0. The largest absolute Gasteiger partial charge is 0.465 e. The molecule has 0 heterocycles. The zero-order chi connectivity index (χ0) is 13.5. The molecule has 5 nitrogen and oxygen atoms in total. The van der Waals surface area contributed by atoms with Gasteiger partial charge in [-0.1, -0.05) is 6.92 Å². The Labute approximate surface area is 106 Å². The van der Waals surface area contributed by atoms with E-state index >= 15 is 0 Å². The van der Waals surface area contributed by atoms with Crippen LogP contribution >= 0.6 is 0 Å². The van der Waals surface area contributed by atoms with E-state index in [0.29, 0.717) is 17.9 Å². The van der Waals surface area contributed by atoms with E-state index in [-0.39, 0.29) is 6.61 Å². The Hall–Kier alpha value is -2.04. The molecule has 0 aliphatic carbocycles. The lowest BCUT2D eigenvalue weighted by molar-refractivity contribution is -0.157. The summed E-state index contributed by atoms with van der Waals surface area (Å²) in [5.74, 6) is -1.69. The minimum atomic E-state index is -0.887. The molecule has 18 heavy (non-hydrogen) atoms. The fourth-order valence-corrected chi connectivity index (χ4v) is 1.40. The normalized spacial score (nSPS) is 11.7. The van der Waals surface area contributed by atoms with Crippen LogP contribution in [0.4, 0.5) is 5.69 Å². The predicted molar refractivity (Wildman–Crippen MR) is 66.9 cm³/mol. The molecule has 0 radical (unpaired) electrons. The molecule has 1 aromatic rings. The highest BCUT2D eigenvalue weighted by molar-refractivity contribution is 5.95. The predicted octanol–water partition coefficient (Wildman–Crippen LogP) is 1.76. The highest BCUT2D eigenvalue weighted by Crippen LogP contribution is 2.16. The maximum absolute atomic E-state index is 11.8. The maximum atomic E-state index is 11.8. The molecular weight excluding hydrogens is 234 g/mol. The number of nitrogen functional groups attached to an aromatic ring is 1. The molecule has 0 aromatic heterocycles. The van der Waals surface area contributed by atoms with Crippen molar-refractivity contribution in [2.24, 2.45) is 5.92 Å². The lowest BCUT2D eigenvalue weighted by atomic mass is 10.1. The van der Waals surface area contributed by atoms with Crippen molar-refractivity contribution in [2.75, 3.05) is 12.3 Å². The molecule has 1 rings (SSSR count). The molecule has 0 saturated carbocycles. The van der Waals surface area contributed by atoms with Gasteiger partial charge in [-0.05, 0) is 37.6 Å². The second kappa shape index (κ2) is 6.64. The number of hydrogen-bond donors (Lipinski definition) is 1. The Morgan fingerprint density at radius 2 is 1.78 bits per heavy atom. The Balaban J connectivity index is 2.67. The minimum Gasteiger partial charge on any atom is -0.465 e. The van der Waals surface area contributed by atoms with Gasteiger partial charge in [0.15, 0.2) is 5.92 Å². The number of carbonyl (C=O) groups is 2. The summed E-state index contributed by atoms with van der Waals surface area (Å²) in [5.41, 5.74) is 6.09. The highest BCUT2D eigenvalue weighted by Gasteiger charge is 2.28. The zero-order valence-electron chi connectivity index (χ0n) is 10.5. The van der Waals surface area contributed by atoms with Crippen molar-refractivity contribution in [2.45, 2.75) is 20.3 Å². The SMILES string of the molecule is CCOC(=O)C(CC)C(=O)Oc1ccc(N)cc1. The lowest BCUT2D eigenvalue weighted by Gasteiger charge is -2.12. The van der Waals surface area contributed by atoms with Gasteiger partial charge in [-0.25, -0.2) is 0 Å². The van der Waals surface area contributed by atoms with E-state index in [1.54, 1.807) is 38.1 Å². The second-order valence-corrected chi connectivity index (χ2v) is 3.70. The Morgan fingerprint density at radius 1 is 1.17 bits per heavy atom. The monoisotopic (exact) mass is 251 g/mol. The van der Waals surface area contributed by atoms with Crippen LogP contribution in [0.3, 0.4) is 0 Å². The Morgan fingerprint density at radius 3 is 2.28 bits per heavy atom. The molecule has 0 saturated heterocycles. The van der Waals surface area contributed by atoms with Crippen LogP contribution in [0.5, 0.6) is 5.75 Å². The van der Waals surface area contributed by atoms with Crippen molar-refractivity contribution < 1.29 is 19.1 Å². The number of ether oxygens (including phenoxy) is 2. The molecule has 0 fully saturated rings. The van der Waals surface area contributed by atoms with Crippen LogP contribution in [0, 0.1) is 5.92 Å². The fourth-order valence-electron chi connectivity index (χ4n) is 1.40. The summed E-state index contributed by atoms with van der Waals surface area (Å²) in [6, 6.07) is 6.39. The first-order valence-corrected chi connectivity index (χ1v) is 5.82. The first kappa shape index (κ1) is 14.0. The summed E-state index contributed by atoms with van der Waals surface area (Å²) in [7, 11) is 0. The van der Waals surface area contributed by atoms with Crippen LogP contribution in [-0.2, 0) is 14.3 Å². The number of benzene rings is 1. The average molecular weight is 251 g/mol. The summed E-state index contributed by atoms with van der Waals surface area (Å²) in [4.78, 5) is 23.3. The summed E-state index contributed by atoms with van der Waals surface area (Å²) in [6.45, 7) is 3.66. The fraction of sp³-hybridized carbons (Fsp3) is 0.385. The molecule has 0 spiro atoms. The van der Waals surface area contributed by atoms with Crippen LogP contribution < -0.4 is 10.5 Å². The van der Waals surface area contributed by atoms with Crippen molar-refractivity contribution in [1.29, 1.82) is 0 Å². The average Bonchev–Trinajstić information content (AvgIpc) is 2.33. The zero-order valence-corrected chi connectivity index (χ0v) is 10.5. The lowest BCUT2D eigenvalue weighted by Crippen LogP contribution is -2.29. The molecule has 2 N–H and O–H groups in total. The molecule has 1 aromatic carbocycles. The van der Waals surface area contributed by atoms with Crippen molar-refractivity contribution in [3.8, 4) is 5.75 Å². The third-order valence-corrected chi connectivity index (χ3v) is 2.36. The number of rotatable bonds is 5. The van der Waals surface area contributed by atoms with Crippen molar-refractivity contribution >= 4 is 17.6 Å². The maximum Gasteiger partial charge on any atom is 0.325 e. The molecule has 1 unspecified atom stereocenters. The van der Waals surface area contributed by atoms with Gasteiger partial charge in [0.25, 0.3) is 0 Å². The molecule has 5 heteroatoms. The van der Waals surface area contributed by atoms with E-state index in [9.17, 15) is 9.59 Å². The van der Waals surface area contributed by atoms with Crippen molar-refractivity contribution in [3.05, 3.63) is 24.3 Å².